The van der Waals surface area contributed by atoms with E-state index in [-0.39, 0.29) is 5.91 Å². The van der Waals surface area contributed by atoms with Crippen molar-refractivity contribution >= 4 is 17.7 Å². The van der Waals surface area contributed by atoms with Gasteiger partial charge in [0.15, 0.2) is 0 Å². The molecule has 126 valence electrons. The van der Waals surface area contributed by atoms with Crippen molar-refractivity contribution in [3.05, 3.63) is 17.5 Å². The predicted molar refractivity (Wildman–Crippen MR) is 92.9 cm³/mol. The Balaban J connectivity index is 1.36. The average molecular weight is 334 g/mol. The van der Waals surface area contributed by atoms with E-state index in [0.717, 1.165) is 24.8 Å². The maximum absolute atomic E-state index is 12.6. The first kappa shape index (κ1) is 15.5. The topological polar surface area (TPSA) is 41.4 Å². The second-order valence-electron chi connectivity index (χ2n) is 7.40. The van der Waals surface area contributed by atoms with Crippen molar-refractivity contribution in [1.29, 1.82) is 0 Å². The van der Waals surface area contributed by atoms with Crippen molar-refractivity contribution in [2.24, 2.45) is 7.05 Å². The number of carbonyl (C=O) groups is 1. The van der Waals surface area contributed by atoms with Gasteiger partial charge in [0.2, 0.25) is 0 Å². The number of aromatic nitrogens is 2. The van der Waals surface area contributed by atoms with E-state index in [9.17, 15) is 4.79 Å². The molecule has 0 radical (unpaired) electrons. The van der Waals surface area contributed by atoms with E-state index < -0.39 is 0 Å². The number of rotatable bonds is 2. The lowest BCUT2D eigenvalue weighted by Gasteiger charge is -2.47. The Labute approximate surface area is 142 Å². The number of nitrogens with zero attached hydrogens (tertiary/aromatic N) is 4. The average Bonchev–Trinajstić information content (AvgIpc) is 3.10. The van der Waals surface area contributed by atoms with E-state index in [2.05, 4.69) is 21.8 Å². The molecule has 0 N–H and O–H groups in total. The van der Waals surface area contributed by atoms with Crippen LogP contribution in [0.15, 0.2) is 6.07 Å². The fourth-order valence-electron chi connectivity index (χ4n) is 4.32. The zero-order chi connectivity index (χ0) is 16.0. The molecule has 1 atom stereocenters. The highest BCUT2D eigenvalue weighted by atomic mass is 32.2. The molecule has 5 nitrogen and oxygen atoms in total. The zero-order valence-electron chi connectivity index (χ0n) is 14.1. The van der Waals surface area contributed by atoms with Gasteiger partial charge in [0, 0.05) is 31.9 Å². The minimum absolute atomic E-state index is 0.140. The Morgan fingerprint density at radius 1 is 1.30 bits per heavy atom. The van der Waals surface area contributed by atoms with Crippen molar-refractivity contribution < 1.29 is 4.79 Å². The van der Waals surface area contributed by atoms with Gasteiger partial charge in [-0.15, -0.1) is 11.8 Å². The van der Waals surface area contributed by atoms with Crippen LogP contribution in [0.2, 0.25) is 0 Å². The van der Waals surface area contributed by atoms with Gasteiger partial charge in [-0.3, -0.25) is 14.4 Å². The Hall–Kier alpha value is -1.01. The number of piperidine rings is 1. The van der Waals surface area contributed by atoms with Crippen LogP contribution in [-0.2, 0) is 7.05 Å². The monoisotopic (exact) mass is 334 g/mol. The summed E-state index contributed by atoms with van der Waals surface area (Å²) in [4.78, 5) is 17.3. The van der Waals surface area contributed by atoms with Gasteiger partial charge in [0.05, 0.1) is 10.4 Å². The van der Waals surface area contributed by atoms with E-state index >= 15 is 0 Å². The summed E-state index contributed by atoms with van der Waals surface area (Å²) in [5.41, 5.74) is 1.62. The summed E-state index contributed by atoms with van der Waals surface area (Å²) in [7, 11) is 1.85. The van der Waals surface area contributed by atoms with Crippen molar-refractivity contribution in [2.75, 3.05) is 31.9 Å². The second kappa shape index (κ2) is 5.81. The Morgan fingerprint density at radius 3 is 2.70 bits per heavy atom. The molecular weight excluding hydrogens is 308 g/mol. The lowest BCUT2D eigenvalue weighted by molar-refractivity contribution is 0.0507. The third-order valence-electron chi connectivity index (χ3n) is 5.56. The standard InChI is InChI=1S/C17H26N4OS/c1-13-8-15(19(2)18-13)16(22)21-11-17(12-21)9-14(10-23-17)20-6-4-3-5-7-20/h8,14H,3-7,9-12H2,1-2H3. The minimum atomic E-state index is 0.140. The highest BCUT2D eigenvalue weighted by molar-refractivity contribution is 8.01. The normalized spacial score (nSPS) is 27.4. The van der Waals surface area contributed by atoms with Gasteiger partial charge >= 0.3 is 0 Å². The molecule has 1 spiro atoms. The van der Waals surface area contributed by atoms with Gasteiger partial charge in [-0.05, 0) is 45.3 Å². The lowest BCUT2D eigenvalue weighted by Crippen LogP contribution is -2.61. The summed E-state index contributed by atoms with van der Waals surface area (Å²) in [6, 6.07) is 2.63. The van der Waals surface area contributed by atoms with Crippen LogP contribution in [0.4, 0.5) is 0 Å². The SMILES string of the molecule is Cc1cc(C(=O)N2CC3(CC(N4CCCCC4)CS3)C2)n(C)n1. The fourth-order valence-corrected chi connectivity index (χ4v) is 6.00. The summed E-state index contributed by atoms with van der Waals surface area (Å²) < 4.78 is 2.03. The van der Waals surface area contributed by atoms with E-state index in [1.807, 2.05) is 24.9 Å². The summed E-state index contributed by atoms with van der Waals surface area (Å²) in [5, 5.41) is 4.29. The van der Waals surface area contributed by atoms with Gasteiger partial charge in [0.25, 0.3) is 5.91 Å². The number of hydrogen-bond acceptors (Lipinski definition) is 4. The van der Waals surface area contributed by atoms with E-state index in [1.54, 1.807) is 4.68 Å². The molecule has 4 heterocycles. The van der Waals surface area contributed by atoms with Crippen molar-refractivity contribution in [2.45, 2.75) is 43.4 Å². The van der Waals surface area contributed by atoms with Gasteiger partial charge < -0.3 is 4.90 Å². The van der Waals surface area contributed by atoms with Crippen LogP contribution in [0.25, 0.3) is 0 Å². The molecule has 3 aliphatic heterocycles. The fraction of sp³-hybridized carbons (Fsp3) is 0.765. The number of amides is 1. The number of carbonyl (C=O) groups excluding carboxylic acids is 1. The number of aryl methyl sites for hydroxylation is 2. The van der Waals surface area contributed by atoms with Gasteiger partial charge in [-0.25, -0.2) is 0 Å². The molecule has 0 aliphatic carbocycles. The first-order valence-electron chi connectivity index (χ1n) is 8.74. The third-order valence-corrected chi connectivity index (χ3v) is 7.15. The highest BCUT2D eigenvalue weighted by Gasteiger charge is 2.51. The molecule has 1 unspecified atom stereocenters. The molecule has 3 aliphatic rings. The first-order chi connectivity index (χ1) is 11.1. The molecule has 1 aromatic heterocycles. The zero-order valence-corrected chi connectivity index (χ0v) is 14.9. The van der Waals surface area contributed by atoms with Crippen LogP contribution in [0, 0.1) is 6.92 Å². The lowest BCUT2D eigenvalue weighted by atomic mass is 9.90. The first-order valence-corrected chi connectivity index (χ1v) is 9.73. The van der Waals surface area contributed by atoms with Crippen LogP contribution >= 0.6 is 11.8 Å². The molecule has 3 fully saturated rings. The van der Waals surface area contributed by atoms with Crippen LogP contribution in [0.5, 0.6) is 0 Å². The van der Waals surface area contributed by atoms with Gasteiger partial charge in [-0.2, -0.15) is 5.10 Å². The quantitative estimate of drug-likeness (QED) is 0.828. The van der Waals surface area contributed by atoms with Crippen molar-refractivity contribution in [1.82, 2.24) is 19.6 Å². The molecule has 0 bridgehead atoms. The maximum atomic E-state index is 12.6. The molecular formula is C17H26N4OS. The molecule has 0 saturated carbocycles. The Bertz CT molecular complexity index is 602. The molecule has 6 heteroatoms. The number of likely N-dealkylation sites (tertiary alicyclic amines) is 2. The summed E-state index contributed by atoms with van der Waals surface area (Å²) in [6.07, 6.45) is 5.37. The van der Waals surface area contributed by atoms with Crippen molar-refractivity contribution in [3.63, 3.8) is 0 Å². The largest absolute Gasteiger partial charge is 0.334 e. The highest BCUT2D eigenvalue weighted by Crippen LogP contribution is 2.47. The molecule has 0 aromatic carbocycles. The summed E-state index contributed by atoms with van der Waals surface area (Å²) in [6.45, 7) is 6.30. The second-order valence-corrected chi connectivity index (χ2v) is 8.89. The van der Waals surface area contributed by atoms with Crippen LogP contribution < -0.4 is 0 Å². The Kier molecular flexibility index (Phi) is 3.92. The van der Waals surface area contributed by atoms with E-state index in [4.69, 9.17) is 0 Å². The molecule has 3 saturated heterocycles. The van der Waals surface area contributed by atoms with E-state index in [1.165, 1.54) is 44.5 Å². The van der Waals surface area contributed by atoms with Crippen LogP contribution in [0.3, 0.4) is 0 Å². The van der Waals surface area contributed by atoms with Crippen LogP contribution in [0.1, 0.15) is 41.9 Å². The minimum Gasteiger partial charge on any atom is -0.334 e. The van der Waals surface area contributed by atoms with Gasteiger partial charge in [0.1, 0.15) is 5.69 Å². The summed E-state index contributed by atoms with van der Waals surface area (Å²) in [5.74, 6) is 1.38. The Morgan fingerprint density at radius 2 is 2.04 bits per heavy atom. The van der Waals surface area contributed by atoms with E-state index in [0.29, 0.717) is 10.4 Å². The number of hydrogen-bond donors (Lipinski definition) is 0. The van der Waals surface area contributed by atoms with Gasteiger partial charge in [-0.1, -0.05) is 6.42 Å². The maximum Gasteiger partial charge on any atom is 0.272 e. The molecule has 1 aromatic rings. The third kappa shape index (κ3) is 2.80. The molecule has 4 rings (SSSR count). The number of thioether (sulfide) groups is 1. The summed E-state index contributed by atoms with van der Waals surface area (Å²) >= 11 is 2.10. The molecule has 1 amide bonds. The van der Waals surface area contributed by atoms with Crippen LogP contribution in [-0.4, -0.2) is 68.2 Å². The smallest absolute Gasteiger partial charge is 0.272 e. The van der Waals surface area contributed by atoms with Crippen molar-refractivity contribution in [3.8, 4) is 0 Å². The molecule has 23 heavy (non-hydrogen) atoms. The predicted octanol–water partition coefficient (Wildman–Crippen LogP) is 1.91.